The van der Waals surface area contributed by atoms with Crippen LogP contribution in [0.1, 0.15) is 5.56 Å². The molecule has 0 bridgehead atoms. The topological polar surface area (TPSA) is 53.6 Å². The smallest absolute Gasteiger partial charge is 0.321 e. The number of amides is 2. The Morgan fingerprint density at radius 2 is 2.31 bits per heavy atom. The van der Waals surface area contributed by atoms with Crippen LogP contribution in [0.3, 0.4) is 0 Å². The lowest BCUT2D eigenvalue weighted by Crippen LogP contribution is -2.36. The third kappa shape index (κ3) is 1.81. The molecule has 1 aliphatic rings. The van der Waals surface area contributed by atoms with E-state index in [9.17, 15) is 4.79 Å². The highest BCUT2D eigenvalue weighted by molar-refractivity contribution is 5.94. The summed E-state index contributed by atoms with van der Waals surface area (Å²) in [4.78, 5) is 18.1. The molecule has 86 valence electrons. The van der Waals surface area contributed by atoms with E-state index in [1.54, 1.807) is 19.1 Å². The Hall–Kier alpha value is -1.75. The van der Waals surface area contributed by atoms with Crippen LogP contribution in [-0.4, -0.2) is 26.7 Å². The Labute approximate surface area is 94.3 Å². The Morgan fingerprint density at radius 1 is 1.50 bits per heavy atom. The van der Waals surface area contributed by atoms with Gasteiger partial charge in [0.2, 0.25) is 0 Å². The molecule has 0 aromatic heterocycles. The van der Waals surface area contributed by atoms with Crippen LogP contribution in [0.4, 0.5) is 16.2 Å². The summed E-state index contributed by atoms with van der Waals surface area (Å²) in [6.07, 6.45) is 0.877. The zero-order chi connectivity index (χ0) is 11.5. The van der Waals surface area contributed by atoms with Crippen molar-refractivity contribution in [2.45, 2.75) is 6.42 Å². The summed E-state index contributed by atoms with van der Waals surface area (Å²) in [6.45, 7) is 0.728. The lowest BCUT2D eigenvalue weighted by Gasteiger charge is -2.16. The van der Waals surface area contributed by atoms with Gasteiger partial charge in [-0.3, -0.25) is 15.2 Å². The summed E-state index contributed by atoms with van der Waals surface area (Å²) in [7, 11) is 3.21. The maximum atomic E-state index is 11.6. The second kappa shape index (κ2) is 4.40. The first-order valence-corrected chi connectivity index (χ1v) is 5.17. The monoisotopic (exact) mass is 221 g/mol. The SMILES string of the molecule is CNC(=O)N1CCc2cc(NOC)ccc21. The van der Waals surface area contributed by atoms with Gasteiger partial charge in [0.1, 0.15) is 0 Å². The molecule has 0 atom stereocenters. The van der Waals surface area contributed by atoms with Crippen LogP contribution in [0.15, 0.2) is 18.2 Å². The maximum absolute atomic E-state index is 11.6. The fourth-order valence-corrected chi connectivity index (χ4v) is 1.93. The molecule has 0 saturated carbocycles. The Morgan fingerprint density at radius 3 is 3.00 bits per heavy atom. The van der Waals surface area contributed by atoms with Gasteiger partial charge in [0.15, 0.2) is 0 Å². The summed E-state index contributed by atoms with van der Waals surface area (Å²) in [5.41, 5.74) is 5.81. The molecule has 2 rings (SSSR count). The van der Waals surface area contributed by atoms with Gasteiger partial charge in [0.05, 0.1) is 12.8 Å². The van der Waals surface area contributed by atoms with Gasteiger partial charge >= 0.3 is 6.03 Å². The van der Waals surface area contributed by atoms with Gasteiger partial charge in [-0.2, -0.15) is 0 Å². The molecule has 0 unspecified atom stereocenters. The van der Waals surface area contributed by atoms with Gasteiger partial charge in [-0.15, -0.1) is 0 Å². The molecule has 0 radical (unpaired) electrons. The highest BCUT2D eigenvalue weighted by atomic mass is 16.6. The van der Waals surface area contributed by atoms with E-state index in [1.165, 1.54) is 0 Å². The fraction of sp³-hybridized carbons (Fsp3) is 0.364. The fourth-order valence-electron chi connectivity index (χ4n) is 1.93. The summed E-state index contributed by atoms with van der Waals surface area (Å²) < 4.78 is 0. The molecule has 0 saturated heterocycles. The number of urea groups is 1. The number of nitrogens with one attached hydrogen (secondary N) is 2. The first-order valence-electron chi connectivity index (χ1n) is 5.17. The number of rotatable bonds is 2. The van der Waals surface area contributed by atoms with Gasteiger partial charge in [0.25, 0.3) is 0 Å². The van der Waals surface area contributed by atoms with Crippen molar-refractivity contribution < 1.29 is 9.63 Å². The minimum atomic E-state index is -0.0637. The number of hydrogen-bond donors (Lipinski definition) is 2. The van der Waals surface area contributed by atoms with E-state index >= 15 is 0 Å². The van der Waals surface area contributed by atoms with E-state index in [0.29, 0.717) is 0 Å². The van der Waals surface area contributed by atoms with Gasteiger partial charge in [-0.05, 0) is 30.2 Å². The normalized spacial score (nSPS) is 13.5. The molecule has 1 aromatic rings. The van der Waals surface area contributed by atoms with Crippen LogP contribution in [0.5, 0.6) is 0 Å². The van der Waals surface area contributed by atoms with Crippen molar-refractivity contribution in [3.05, 3.63) is 23.8 Å². The zero-order valence-electron chi connectivity index (χ0n) is 9.41. The van der Waals surface area contributed by atoms with E-state index in [4.69, 9.17) is 4.84 Å². The third-order valence-corrected chi connectivity index (χ3v) is 2.65. The van der Waals surface area contributed by atoms with Crippen molar-refractivity contribution in [2.75, 3.05) is 31.1 Å². The quantitative estimate of drug-likeness (QED) is 0.741. The van der Waals surface area contributed by atoms with Crippen molar-refractivity contribution in [2.24, 2.45) is 0 Å². The van der Waals surface area contributed by atoms with Gasteiger partial charge in [-0.25, -0.2) is 4.79 Å². The number of carbonyl (C=O) groups excluding carboxylic acids is 1. The van der Waals surface area contributed by atoms with Crippen LogP contribution in [0, 0.1) is 0 Å². The van der Waals surface area contributed by atoms with E-state index in [0.717, 1.165) is 29.9 Å². The lowest BCUT2D eigenvalue weighted by atomic mass is 10.1. The molecule has 0 aliphatic carbocycles. The van der Waals surface area contributed by atoms with Crippen LogP contribution >= 0.6 is 0 Å². The van der Waals surface area contributed by atoms with Crippen molar-refractivity contribution in [1.29, 1.82) is 0 Å². The number of anilines is 2. The molecule has 1 aromatic carbocycles. The summed E-state index contributed by atoms with van der Waals surface area (Å²) in [5, 5.41) is 2.63. The molecule has 0 spiro atoms. The van der Waals surface area contributed by atoms with E-state index < -0.39 is 0 Å². The number of carbonyl (C=O) groups is 1. The van der Waals surface area contributed by atoms with Crippen LogP contribution in [0.25, 0.3) is 0 Å². The van der Waals surface area contributed by atoms with Gasteiger partial charge in [-0.1, -0.05) is 0 Å². The molecular weight excluding hydrogens is 206 g/mol. The number of fused-ring (bicyclic) bond motifs is 1. The van der Waals surface area contributed by atoms with Gasteiger partial charge in [0, 0.05) is 19.3 Å². The minimum absolute atomic E-state index is 0.0637. The van der Waals surface area contributed by atoms with Gasteiger partial charge < -0.3 is 5.32 Å². The molecule has 1 heterocycles. The van der Waals surface area contributed by atoms with Crippen molar-refractivity contribution in [3.63, 3.8) is 0 Å². The summed E-state index contributed by atoms with van der Waals surface area (Å²) in [5.74, 6) is 0. The first kappa shape index (κ1) is 10.8. The number of hydrogen-bond acceptors (Lipinski definition) is 3. The molecule has 16 heavy (non-hydrogen) atoms. The number of nitrogens with zero attached hydrogens (tertiary/aromatic N) is 1. The Kier molecular flexibility index (Phi) is 2.96. The molecule has 1 aliphatic heterocycles. The molecular formula is C11H15N3O2. The standard InChI is InChI=1S/C11H15N3O2/c1-12-11(15)14-6-5-8-7-9(13-16-2)3-4-10(8)14/h3-4,7,13H,5-6H2,1-2H3,(H,12,15). The zero-order valence-corrected chi connectivity index (χ0v) is 9.41. The third-order valence-electron chi connectivity index (χ3n) is 2.65. The number of benzene rings is 1. The highest BCUT2D eigenvalue weighted by Gasteiger charge is 2.23. The van der Waals surface area contributed by atoms with Crippen molar-refractivity contribution in [3.8, 4) is 0 Å². The minimum Gasteiger partial charge on any atom is -0.341 e. The maximum Gasteiger partial charge on any atom is 0.321 e. The Balaban J connectivity index is 2.25. The molecule has 5 nitrogen and oxygen atoms in total. The van der Waals surface area contributed by atoms with E-state index in [-0.39, 0.29) is 6.03 Å². The van der Waals surface area contributed by atoms with E-state index in [2.05, 4.69) is 10.8 Å². The molecule has 2 amide bonds. The van der Waals surface area contributed by atoms with Crippen LogP contribution in [-0.2, 0) is 11.3 Å². The van der Waals surface area contributed by atoms with E-state index in [1.807, 2.05) is 18.2 Å². The molecule has 5 heteroatoms. The van der Waals surface area contributed by atoms with Crippen LogP contribution in [0.2, 0.25) is 0 Å². The first-order chi connectivity index (χ1) is 7.76. The average molecular weight is 221 g/mol. The second-order valence-electron chi connectivity index (χ2n) is 3.61. The largest absolute Gasteiger partial charge is 0.341 e. The Bertz CT molecular complexity index is 406. The molecule has 2 N–H and O–H groups in total. The van der Waals surface area contributed by atoms with Crippen molar-refractivity contribution in [1.82, 2.24) is 5.32 Å². The van der Waals surface area contributed by atoms with Crippen LogP contribution < -0.4 is 15.7 Å². The highest BCUT2D eigenvalue weighted by Crippen LogP contribution is 2.30. The lowest BCUT2D eigenvalue weighted by molar-refractivity contribution is 0.248. The summed E-state index contributed by atoms with van der Waals surface area (Å²) >= 11 is 0. The second-order valence-corrected chi connectivity index (χ2v) is 3.61. The predicted octanol–water partition coefficient (Wildman–Crippen LogP) is 1.36. The predicted molar refractivity (Wildman–Crippen MR) is 62.6 cm³/mol. The average Bonchev–Trinajstić information content (AvgIpc) is 2.71. The summed E-state index contributed by atoms with van der Waals surface area (Å²) in [6, 6.07) is 5.76. The van der Waals surface area contributed by atoms with Crippen molar-refractivity contribution >= 4 is 17.4 Å². The molecule has 0 fully saturated rings.